The summed E-state index contributed by atoms with van der Waals surface area (Å²) in [5.41, 5.74) is 3.31. The van der Waals surface area contributed by atoms with Gasteiger partial charge in [-0.2, -0.15) is 5.10 Å². The molecule has 0 amide bonds. The third kappa shape index (κ3) is 6.16. The van der Waals surface area contributed by atoms with Crippen molar-refractivity contribution in [1.29, 1.82) is 0 Å². The van der Waals surface area contributed by atoms with Gasteiger partial charge in [0.1, 0.15) is 16.4 Å². The highest BCUT2D eigenvalue weighted by Gasteiger charge is 2.53. The van der Waals surface area contributed by atoms with Crippen molar-refractivity contribution in [1.82, 2.24) is 9.78 Å². The van der Waals surface area contributed by atoms with Crippen molar-refractivity contribution in [2.45, 2.75) is 0 Å². The molecule has 6 aromatic carbocycles. The molecule has 0 aliphatic carbocycles. The number of hydrogen-bond donors (Lipinski definition) is 0. The molecule has 0 N–H and O–H groups in total. The second kappa shape index (κ2) is 13.2. The van der Waals surface area contributed by atoms with Crippen molar-refractivity contribution in [2.24, 2.45) is 7.05 Å². The Balaban J connectivity index is 0.000000707. The number of nitrogens with zero attached hydrogens (tertiary/aromatic N) is 2. The van der Waals surface area contributed by atoms with Gasteiger partial charge in [0.2, 0.25) is 0 Å². The molecule has 0 unspecified atom stereocenters. The van der Waals surface area contributed by atoms with Gasteiger partial charge in [-0.1, -0.05) is 115 Å². The summed E-state index contributed by atoms with van der Waals surface area (Å²) in [5.74, 6) is 1.75. The van der Waals surface area contributed by atoms with Gasteiger partial charge in [-0.15, -0.1) is 0 Å². The van der Waals surface area contributed by atoms with Crippen LogP contribution in [0.25, 0.3) is 44.2 Å². The maximum Gasteiger partial charge on any atom is 0.673 e. The monoisotopic (exact) mass is 672 g/mol. The van der Waals surface area contributed by atoms with Gasteiger partial charge < -0.3 is 21.7 Å². The molecule has 0 radical (unpaired) electrons. The Morgan fingerprint density at radius 3 is 1.67 bits per heavy atom. The molecule has 0 atom stereocenters. The predicted octanol–water partition coefficient (Wildman–Crippen LogP) is 9.57. The first-order valence-corrected chi connectivity index (χ1v) is 17.5. The van der Waals surface area contributed by atoms with Crippen LogP contribution in [-0.2, 0) is 7.05 Å². The van der Waals surface area contributed by atoms with Gasteiger partial charge >= 0.3 is 7.25 Å². The SMILES string of the molecule is Cn1nccc1[P+](c1ccccc1)(c1ccccc1)c1cc(-c2cc3ccccc3c3ccccc23)oc1-c1ccccc1.F[B-](F)(F)F. The molecule has 3 nitrogen and oxygen atoms in total. The molecule has 242 valence electrons. The van der Waals surface area contributed by atoms with E-state index in [1.807, 2.05) is 10.9 Å². The molecule has 0 bridgehead atoms. The number of aryl methyl sites for hydroxylation is 1. The van der Waals surface area contributed by atoms with Crippen molar-refractivity contribution in [3.8, 4) is 22.6 Å². The molecular formula is C40H30BF4N2OP. The highest BCUT2D eigenvalue weighted by atomic mass is 31.2. The van der Waals surface area contributed by atoms with Gasteiger partial charge in [0.15, 0.2) is 23.8 Å². The van der Waals surface area contributed by atoms with E-state index >= 15 is 0 Å². The molecular weight excluding hydrogens is 642 g/mol. The Bertz CT molecular complexity index is 2310. The Labute approximate surface area is 281 Å². The van der Waals surface area contributed by atoms with E-state index in [0.717, 1.165) is 22.6 Å². The zero-order chi connectivity index (χ0) is 34.0. The first kappa shape index (κ1) is 32.1. The number of rotatable bonds is 6. The summed E-state index contributed by atoms with van der Waals surface area (Å²) in [5, 5.41) is 13.2. The summed E-state index contributed by atoms with van der Waals surface area (Å²) < 4.78 is 48.2. The van der Waals surface area contributed by atoms with E-state index in [1.54, 1.807) is 0 Å². The number of hydrogen-bond acceptors (Lipinski definition) is 2. The highest BCUT2D eigenvalue weighted by molar-refractivity contribution is 8.01. The molecule has 49 heavy (non-hydrogen) atoms. The first-order valence-electron chi connectivity index (χ1n) is 15.7. The van der Waals surface area contributed by atoms with E-state index in [1.165, 1.54) is 42.9 Å². The fourth-order valence-electron chi connectivity index (χ4n) is 6.63. The number of benzene rings is 6. The van der Waals surface area contributed by atoms with E-state index in [0.29, 0.717) is 0 Å². The number of aromatic nitrogens is 2. The van der Waals surface area contributed by atoms with Crippen LogP contribution in [0.3, 0.4) is 0 Å². The van der Waals surface area contributed by atoms with Gasteiger partial charge in [0, 0.05) is 30.3 Å². The van der Waals surface area contributed by atoms with E-state index in [2.05, 4.69) is 165 Å². The average molecular weight is 672 g/mol. The van der Waals surface area contributed by atoms with Crippen LogP contribution in [0.4, 0.5) is 17.3 Å². The maximum absolute atomic E-state index is 9.75. The van der Waals surface area contributed by atoms with E-state index in [-0.39, 0.29) is 0 Å². The standard InChI is InChI=1S/C40H30N2OP.BF4/c1-42-39(25-26-41-42)44(31-18-7-3-8-19-31,32-20-9-4-10-21-32)38-28-37(43-40(38)29-15-5-2-6-16-29)36-27-30-17-11-12-22-33(30)34-23-13-14-24-35(34)36;2-1(3,4)5/h2-28H,1H3;/q+1;-1. The van der Waals surface area contributed by atoms with Gasteiger partial charge in [-0.05, 0) is 51.9 Å². The van der Waals surface area contributed by atoms with Gasteiger partial charge in [0.25, 0.3) is 0 Å². The Morgan fingerprint density at radius 1 is 0.592 bits per heavy atom. The quantitative estimate of drug-likeness (QED) is 0.0763. The predicted molar refractivity (Wildman–Crippen MR) is 196 cm³/mol. The van der Waals surface area contributed by atoms with Gasteiger partial charge in [-0.3, -0.25) is 0 Å². The number of furan rings is 1. The number of fused-ring (bicyclic) bond motifs is 3. The minimum absolute atomic E-state index is 0.860. The zero-order valence-electron chi connectivity index (χ0n) is 26.4. The van der Waals surface area contributed by atoms with E-state index < -0.39 is 14.5 Å². The lowest BCUT2D eigenvalue weighted by atomic mass is 9.96. The Kier molecular flexibility index (Phi) is 8.66. The minimum atomic E-state index is -6.00. The summed E-state index contributed by atoms with van der Waals surface area (Å²) in [4.78, 5) is 0. The molecule has 0 aliphatic rings. The lowest BCUT2D eigenvalue weighted by molar-refractivity contribution is 0.368. The molecule has 8 aromatic rings. The summed E-state index contributed by atoms with van der Waals surface area (Å²) >= 11 is 0. The van der Waals surface area contributed by atoms with Crippen molar-refractivity contribution in [2.75, 3.05) is 0 Å². The lowest BCUT2D eigenvalue weighted by Gasteiger charge is -2.26. The Morgan fingerprint density at radius 2 is 1.10 bits per heavy atom. The van der Waals surface area contributed by atoms with Crippen LogP contribution < -0.4 is 21.3 Å². The largest absolute Gasteiger partial charge is 0.673 e. The molecule has 0 aliphatic heterocycles. The topological polar surface area (TPSA) is 31.0 Å². The molecule has 8 rings (SSSR count). The fraction of sp³-hybridized carbons (Fsp3) is 0.0250. The molecule has 9 heteroatoms. The van der Waals surface area contributed by atoms with Crippen LogP contribution >= 0.6 is 7.26 Å². The lowest BCUT2D eigenvalue weighted by Crippen LogP contribution is -2.41. The van der Waals surface area contributed by atoms with Gasteiger partial charge in [0.05, 0.1) is 6.20 Å². The van der Waals surface area contributed by atoms with Crippen LogP contribution in [0.5, 0.6) is 0 Å². The second-order valence-corrected chi connectivity index (χ2v) is 14.8. The second-order valence-electron chi connectivity index (χ2n) is 11.5. The smallest absolute Gasteiger partial charge is 0.452 e. The number of halogens is 4. The summed E-state index contributed by atoms with van der Waals surface area (Å²) in [7, 11) is -6.45. The van der Waals surface area contributed by atoms with Crippen LogP contribution in [0, 0.1) is 0 Å². The van der Waals surface area contributed by atoms with Crippen molar-refractivity contribution in [3.63, 3.8) is 0 Å². The van der Waals surface area contributed by atoms with E-state index in [9.17, 15) is 17.3 Å². The molecule has 2 heterocycles. The normalized spacial score (nSPS) is 11.8. The average Bonchev–Trinajstić information content (AvgIpc) is 3.76. The highest BCUT2D eigenvalue weighted by Crippen LogP contribution is 2.57. The van der Waals surface area contributed by atoms with Crippen molar-refractivity contribution in [3.05, 3.63) is 164 Å². The third-order valence-corrected chi connectivity index (χ3v) is 12.9. The van der Waals surface area contributed by atoms with Crippen molar-refractivity contribution >= 4 is 57.4 Å². The molecule has 0 fully saturated rings. The van der Waals surface area contributed by atoms with E-state index in [4.69, 9.17) is 9.52 Å². The maximum atomic E-state index is 9.75. The van der Waals surface area contributed by atoms with Crippen LogP contribution in [-0.4, -0.2) is 17.0 Å². The zero-order valence-corrected chi connectivity index (χ0v) is 27.3. The Hall–Kier alpha value is -5.46. The molecule has 0 spiro atoms. The van der Waals surface area contributed by atoms with Gasteiger partial charge in [-0.25, -0.2) is 4.68 Å². The van der Waals surface area contributed by atoms with Crippen LogP contribution in [0.15, 0.2) is 168 Å². The summed E-state index contributed by atoms with van der Waals surface area (Å²) in [6, 6.07) is 56.4. The van der Waals surface area contributed by atoms with Crippen LogP contribution in [0.1, 0.15) is 0 Å². The molecule has 0 saturated heterocycles. The molecule has 0 saturated carbocycles. The van der Waals surface area contributed by atoms with Crippen LogP contribution in [0.2, 0.25) is 0 Å². The minimum Gasteiger partial charge on any atom is -0.452 e. The fourth-order valence-corrected chi connectivity index (χ4v) is 11.1. The molecule has 2 aromatic heterocycles. The first-order chi connectivity index (χ1) is 23.7. The van der Waals surface area contributed by atoms with Crippen molar-refractivity contribution < 1.29 is 21.7 Å². The summed E-state index contributed by atoms with van der Waals surface area (Å²) in [6.45, 7) is 0. The third-order valence-electron chi connectivity index (χ3n) is 8.57. The summed E-state index contributed by atoms with van der Waals surface area (Å²) in [6.07, 6.45) is 1.91.